The molecule has 0 radical (unpaired) electrons. The normalized spacial score (nSPS) is 15.8. The van der Waals surface area contributed by atoms with Crippen molar-refractivity contribution in [3.8, 4) is 23.0 Å². The van der Waals surface area contributed by atoms with Crippen molar-refractivity contribution in [1.29, 1.82) is 0 Å². The van der Waals surface area contributed by atoms with Crippen LogP contribution in [0.1, 0.15) is 74.0 Å². The fourth-order valence-corrected chi connectivity index (χ4v) is 7.49. The number of nitrogens with zero attached hydrogens (tertiary/aromatic N) is 3. The summed E-state index contributed by atoms with van der Waals surface area (Å²) < 4.78 is 67.0. The number of ether oxygens (including phenoxy) is 5. The molecule has 2 aromatic carbocycles. The lowest BCUT2D eigenvalue weighted by molar-refractivity contribution is -0.148. The zero-order valence-corrected chi connectivity index (χ0v) is 32.8. The number of methoxy groups -OCH3 is 2. The molecule has 57 heavy (non-hydrogen) atoms. The Hall–Kier alpha value is -5.36. The number of fused-ring (bicyclic) bond motifs is 2. The predicted molar refractivity (Wildman–Crippen MR) is 201 cm³/mol. The highest BCUT2D eigenvalue weighted by Gasteiger charge is 2.31. The third-order valence-electron chi connectivity index (χ3n) is 9.36. The lowest BCUT2D eigenvalue weighted by atomic mass is 10.1. The van der Waals surface area contributed by atoms with Crippen LogP contribution in [0.15, 0.2) is 18.2 Å². The largest absolute Gasteiger partial charge is 0.493 e. The Labute approximate surface area is 332 Å². The zero-order chi connectivity index (χ0) is 42.3. The van der Waals surface area contributed by atoms with Gasteiger partial charge < -0.3 is 38.6 Å². The number of aliphatic carboxylic acids is 1. The quantitative estimate of drug-likeness (QED) is 0.0676. The van der Waals surface area contributed by atoms with E-state index in [4.69, 9.17) is 30.2 Å². The van der Waals surface area contributed by atoms with E-state index in [1.165, 1.54) is 25.2 Å². The van der Waals surface area contributed by atoms with Gasteiger partial charge in [0.2, 0.25) is 17.7 Å². The maximum Gasteiger partial charge on any atom is 0.306 e. The number of thiophene rings is 1. The molecule has 15 nitrogen and oxygen atoms in total. The molecule has 2 atom stereocenters. The van der Waals surface area contributed by atoms with Crippen LogP contribution in [0.25, 0.3) is 10.1 Å². The van der Waals surface area contributed by atoms with Gasteiger partial charge in [0.05, 0.1) is 45.2 Å². The summed E-state index contributed by atoms with van der Waals surface area (Å²) in [5, 5.41) is 9.00. The lowest BCUT2D eigenvalue weighted by Crippen LogP contribution is -2.39. The molecule has 0 spiro atoms. The van der Waals surface area contributed by atoms with Crippen molar-refractivity contribution in [2.24, 2.45) is 0 Å². The molecule has 0 saturated carbocycles. The highest BCUT2D eigenvalue weighted by molar-refractivity contribution is 7.20. The summed E-state index contributed by atoms with van der Waals surface area (Å²) >= 11 is 1.04. The number of halogens is 2. The molecule has 1 fully saturated rings. The van der Waals surface area contributed by atoms with Crippen LogP contribution < -0.4 is 18.9 Å². The standard InChI is InChI=1S/C39H45F2N3O12S/c1-22(19-42(2)12-13-44-32(47)7-8-33(44)48)56-35(51)11-6-26(45)30-17-24-29(57-30)18-28(53-4)39(36(24)40)55-15-5-14-54-38-27(52-3)16-23-20-43(21-25(23)37(38)41)31(46)9-10-34(49)50/h16-18,22H,5-15,19-21H2,1-4H3,(H,49,50)/t22-/m0/s1/i7T/t7?,22-. The second-order valence-electron chi connectivity index (χ2n) is 13.6. The minimum Gasteiger partial charge on any atom is -0.493 e. The van der Waals surface area contributed by atoms with Crippen LogP contribution in [0.5, 0.6) is 23.0 Å². The summed E-state index contributed by atoms with van der Waals surface area (Å²) in [7, 11) is 4.43. The number of likely N-dealkylation sites (tertiary alicyclic amines) is 1. The highest BCUT2D eigenvalue weighted by atomic mass is 32.1. The second kappa shape index (κ2) is 19.2. The molecule has 2 aliphatic rings. The maximum absolute atomic E-state index is 15.8. The summed E-state index contributed by atoms with van der Waals surface area (Å²) in [5.41, 5.74) is 0.766. The first kappa shape index (κ1) is 41.3. The number of esters is 1. The molecule has 1 saturated heterocycles. The number of carbonyl (C=O) groups is 6. The number of carboxylic acids is 1. The number of imide groups is 1. The minimum atomic E-state index is -1.11. The number of benzene rings is 2. The average Bonchev–Trinajstić information content (AvgIpc) is 3.88. The molecule has 0 bridgehead atoms. The van der Waals surface area contributed by atoms with Crippen LogP contribution in [-0.4, -0.2) is 115 Å². The van der Waals surface area contributed by atoms with Crippen molar-refractivity contribution in [1.82, 2.24) is 14.7 Å². The molecule has 1 unspecified atom stereocenters. The minimum absolute atomic E-state index is 0.0441. The smallest absolute Gasteiger partial charge is 0.306 e. The Kier molecular flexibility index (Phi) is 13.9. The lowest BCUT2D eigenvalue weighted by Gasteiger charge is -2.23. The van der Waals surface area contributed by atoms with Crippen molar-refractivity contribution in [2.45, 2.75) is 71.0 Å². The Balaban J connectivity index is 1.10. The van der Waals surface area contributed by atoms with Crippen molar-refractivity contribution in [3.05, 3.63) is 45.8 Å². The molecular formula is C39H45F2N3O12S. The SMILES string of the molecule is [3H]C1CC(=O)N(CCN(C)C[C@H](C)OC(=O)CCC(=O)c2cc3c(F)c(OCCCOc4c(OC)cc5c(c4F)CN(C(=O)CCC(=O)O)C5)c(OC)cc3s2)C1=O. The van der Waals surface area contributed by atoms with Crippen LogP contribution in [0, 0.1) is 11.6 Å². The van der Waals surface area contributed by atoms with Gasteiger partial charge in [-0.25, -0.2) is 8.78 Å². The summed E-state index contributed by atoms with van der Waals surface area (Å²) in [6.45, 7) is 2.39. The van der Waals surface area contributed by atoms with Gasteiger partial charge in [-0.2, -0.15) is 0 Å². The van der Waals surface area contributed by atoms with Gasteiger partial charge in [-0.15, -0.1) is 11.3 Å². The van der Waals surface area contributed by atoms with Crippen LogP contribution in [-0.2, 0) is 41.8 Å². The van der Waals surface area contributed by atoms with Crippen LogP contribution in [0.2, 0.25) is 0 Å². The highest BCUT2D eigenvalue weighted by Crippen LogP contribution is 2.41. The number of hydrogen-bond acceptors (Lipinski definition) is 13. The van der Waals surface area contributed by atoms with Crippen LogP contribution >= 0.6 is 11.3 Å². The molecule has 0 aliphatic carbocycles. The number of ketones is 1. The topological polar surface area (TPSA) is 179 Å². The van der Waals surface area contributed by atoms with Gasteiger partial charge in [0.25, 0.3) is 0 Å². The van der Waals surface area contributed by atoms with E-state index in [1.54, 1.807) is 31.0 Å². The molecule has 3 amide bonds. The fraction of sp³-hybridized carbons (Fsp3) is 0.487. The van der Waals surface area contributed by atoms with E-state index in [2.05, 4.69) is 0 Å². The fourth-order valence-electron chi connectivity index (χ4n) is 6.44. The third kappa shape index (κ3) is 10.5. The molecule has 1 aromatic heterocycles. The van der Waals surface area contributed by atoms with Crippen molar-refractivity contribution in [3.63, 3.8) is 0 Å². The summed E-state index contributed by atoms with van der Waals surface area (Å²) in [4.78, 5) is 77.2. The summed E-state index contributed by atoms with van der Waals surface area (Å²) in [5.74, 6) is -5.02. The van der Waals surface area contributed by atoms with Crippen molar-refractivity contribution < 1.29 is 67.7 Å². The second-order valence-corrected chi connectivity index (χ2v) is 14.7. The molecule has 5 rings (SSSR count). The first-order valence-corrected chi connectivity index (χ1v) is 19.0. The third-order valence-corrected chi connectivity index (χ3v) is 10.5. The van der Waals surface area contributed by atoms with E-state index < -0.39 is 47.9 Å². The van der Waals surface area contributed by atoms with E-state index in [9.17, 15) is 28.8 Å². The number of Topliss-reactive ketones (excluding diaryl/α,β-unsaturated/α-hetero) is 1. The summed E-state index contributed by atoms with van der Waals surface area (Å²) in [6.07, 6.45) is -2.48. The van der Waals surface area contributed by atoms with Crippen molar-refractivity contribution >= 4 is 56.9 Å². The maximum atomic E-state index is 15.8. The summed E-state index contributed by atoms with van der Waals surface area (Å²) in [6, 6.07) is 4.50. The molecule has 308 valence electrons. The molecule has 18 heteroatoms. The van der Waals surface area contributed by atoms with E-state index in [0.717, 1.165) is 16.2 Å². The van der Waals surface area contributed by atoms with E-state index in [1.807, 2.05) is 0 Å². The van der Waals surface area contributed by atoms with Gasteiger partial charge >= 0.3 is 11.9 Å². The van der Waals surface area contributed by atoms with E-state index >= 15 is 8.78 Å². The number of carbonyl (C=O) groups excluding carboxylic acids is 5. The number of likely N-dealkylation sites (N-methyl/N-ethyl adjacent to an activating group) is 1. The first-order valence-electron chi connectivity index (χ1n) is 18.8. The van der Waals surface area contributed by atoms with E-state index in [-0.39, 0.29) is 122 Å². The molecule has 3 heterocycles. The number of carboxylic acid groups (broad SMARTS) is 1. The monoisotopic (exact) mass is 819 g/mol. The van der Waals surface area contributed by atoms with Gasteiger partial charge in [0.15, 0.2) is 40.4 Å². The van der Waals surface area contributed by atoms with Gasteiger partial charge in [-0.05, 0) is 31.7 Å². The Morgan fingerprint density at radius 2 is 1.63 bits per heavy atom. The Morgan fingerprint density at radius 3 is 2.28 bits per heavy atom. The molecular weight excluding hydrogens is 773 g/mol. The Morgan fingerprint density at radius 1 is 0.947 bits per heavy atom. The van der Waals surface area contributed by atoms with Crippen LogP contribution in [0.4, 0.5) is 8.78 Å². The van der Waals surface area contributed by atoms with Crippen LogP contribution in [0.3, 0.4) is 0 Å². The van der Waals surface area contributed by atoms with Gasteiger partial charge in [-0.1, -0.05) is 0 Å². The number of hydrogen-bond donors (Lipinski definition) is 1. The predicted octanol–water partition coefficient (Wildman–Crippen LogP) is 4.73. The van der Waals surface area contributed by atoms with E-state index in [0.29, 0.717) is 23.4 Å². The van der Waals surface area contributed by atoms with Crippen molar-refractivity contribution in [2.75, 3.05) is 54.1 Å². The average molecular weight is 820 g/mol. The number of rotatable bonds is 21. The van der Waals surface area contributed by atoms with Gasteiger partial charge in [0, 0.05) is 87.9 Å². The van der Waals surface area contributed by atoms with Gasteiger partial charge in [0.1, 0.15) is 6.10 Å². The first-order chi connectivity index (χ1) is 27.6. The van der Waals surface area contributed by atoms with Gasteiger partial charge in [-0.3, -0.25) is 33.7 Å². The zero-order valence-electron chi connectivity index (χ0n) is 33.0. The molecule has 1 N–H and O–H groups in total. The molecule has 2 aliphatic heterocycles. The molecule has 3 aromatic rings. The number of amides is 3. The Bertz CT molecular complexity index is 2080.